The van der Waals surface area contributed by atoms with Gasteiger partial charge in [0.25, 0.3) is 5.91 Å². The number of carbonyl (C=O) groups excluding carboxylic acids is 1. The maximum Gasteiger partial charge on any atom is 0.252 e. The van der Waals surface area contributed by atoms with Crippen molar-refractivity contribution in [1.82, 2.24) is 10.6 Å². The van der Waals surface area contributed by atoms with Crippen LogP contribution in [0.1, 0.15) is 46.3 Å². The lowest BCUT2D eigenvalue weighted by atomic mass is 9.77. The zero-order valence-corrected chi connectivity index (χ0v) is 16.2. The summed E-state index contributed by atoms with van der Waals surface area (Å²) < 4.78 is 11.9. The van der Waals surface area contributed by atoms with Crippen LogP contribution in [-0.4, -0.2) is 31.7 Å². The van der Waals surface area contributed by atoms with Gasteiger partial charge in [-0.25, -0.2) is 0 Å². The Kier molecular flexibility index (Phi) is 4.47. The maximum absolute atomic E-state index is 11.9. The van der Waals surface area contributed by atoms with Crippen molar-refractivity contribution >= 4 is 5.91 Å². The fraction of sp³-hybridized carbons (Fsp3) is 0.435. The molecule has 2 N–H and O–H groups in total. The molecule has 0 saturated carbocycles. The van der Waals surface area contributed by atoms with Gasteiger partial charge in [-0.05, 0) is 60.7 Å². The first-order chi connectivity index (χ1) is 13.7. The predicted octanol–water partition coefficient (Wildman–Crippen LogP) is 3.03. The fourth-order valence-corrected chi connectivity index (χ4v) is 4.77. The van der Waals surface area contributed by atoms with Gasteiger partial charge in [0.05, 0.1) is 13.2 Å². The van der Waals surface area contributed by atoms with Crippen LogP contribution in [0.5, 0.6) is 11.5 Å². The topological polar surface area (TPSA) is 59.6 Å². The third kappa shape index (κ3) is 3.14. The molecule has 1 saturated heterocycles. The monoisotopic (exact) mass is 378 g/mol. The molecule has 3 aliphatic heterocycles. The van der Waals surface area contributed by atoms with Crippen LogP contribution in [-0.2, 0) is 13.0 Å². The number of hydrogen-bond donors (Lipinski definition) is 2. The van der Waals surface area contributed by atoms with Crippen molar-refractivity contribution in [2.24, 2.45) is 5.92 Å². The van der Waals surface area contributed by atoms with Crippen molar-refractivity contribution in [3.63, 3.8) is 0 Å². The quantitative estimate of drug-likeness (QED) is 0.859. The Balaban J connectivity index is 1.35. The van der Waals surface area contributed by atoms with Gasteiger partial charge in [-0.15, -0.1) is 0 Å². The lowest BCUT2D eigenvalue weighted by molar-refractivity contribution is 0.0965. The van der Waals surface area contributed by atoms with Gasteiger partial charge in [-0.3, -0.25) is 4.79 Å². The molecule has 5 rings (SSSR count). The molecule has 1 amide bonds. The fourth-order valence-electron chi connectivity index (χ4n) is 4.77. The van der Waals surface area contributed by atoms with Crippen molar-refractivity contribution in [2.45, 2.75) is 38.3 Å². The summed E-state index contributed by atoms with van der Waals surface area (Å²) in [6.07, 6.45) is 2.10. The Bertz CT molecular complexity index is 911. The third-order valence-corrected chi connectivity index (χ3v) is 6.43. The van der Waals surface area contributed by atoms with Gasteiger partial charge in [0.1, 0.15) is 11.5 Å². The van der Waals surface area contributed by atoms with Crippen LogP contribution < -0.4 is 20.1 Å². The molecule has 3 aliphatic rings. The van der Waals surface area contributed by atoms with Crippen molar-refractivity contribution < 1.29 is 14.3 Å². The smallest absolute Gasteiger partial charge is 0.252 e. The number of amides is 1. The lowest BCUT2D eigenvalue weighted by Gasteiger charge is -2.37. The molecule has 2 aromatic carbocycles. The van der Waals surface area contributed by atoms with Crippen LogP contribution in [0.2, 0.25) is 0 Å². The van der Waals surface area contributed by atoms with E-state index >= 15 is 0 Å². The second-order valence-electron chi connectivity index (χ2n) is 8.08. The molecule has 3 unspecified atom stereocenters. The van der Waals surface area contributed by atoms with Crippen LogP contribution >= 0.6 is 0 Å². The van der Waals surface area contributed by atoms with E-state index in [4.69, 9.17) is 9.47 Å². The minimum absolute atomic E-state index is 0.00797. The van der Waals surface area contributed by atoms with E-state index in [1.807, 2.05) is 18.2 Å². The summed E-state index contributed by atoms with van der Waals surface area (Å²) in [5, 5.41) is 6.46. The van der Waals surface area contributed by atoms with E-state index in [1.54, 1.807) is 0 Å². The average Bonchev–Trinajstić information content (AvgIpc) is 3.33. The van der Waals surface area contributed by atoms with Gasteiger partial charge in [0.15, 0.2) is 0 Å². The number of rotatable bonds is 4. The van der Waals surface area contributed by atoms with Crippen LogP contribution in [0, 0.1) is 5.92 Å². The second kappa shape index (κ2) is 7.13. The number of fused-ring (bicyclic) bond motifs is 2. The number of carbonyl (C=O) groups is 1. The van der Waals surface area contributed by atoms with E-state index in [-0.39, 0.29) is 5.91 Å². The van der Waals surface area contributed by atoms with Gasteiger partial charge >= 0.3 is 0 Å². The number of benzene rings is 2. The van der Waals surface area contributed by atoms with Crippen molar-refractivity contribution in [1.29, 1.82) is 0 Å². The molecule has 1 fully saturated rings. The molecule has 0 spiro atoms. The van der Waals surface area contributed by atoms with Gasteiger partial charge in [0, 0.05) is 30.5 Å². The van der Waals surface area contributed by atoms with E-state index in [1.165, 1.54) is 11.1 Å². The molecule has 0 aliphatic carbocycles. The standard InChI is InChI=1S/C23H26N2O3/c1-14-21(13-28-18-4-2-17-12-25-23(26)20(17)11-18)19(6-8-24-14)15-3-5-22-16(10-15)7-9-27-22/h2-5,10-11,14,19,21,24H,6-9,12-13H2,1H3,(H,25,26). The largest absolute Gasteiger partial charge is 0.493 e. The summed E-state index contributed by atoms with van der Waals surface area (Å²) >= 11 is 0. The normalized spacial score (nSPS) is 25.6. The van der Waals surface area contributed by atoms with E-state index in [2.05, 4.69) is 35.8 Å². The Morgan fingerprint density at radius 1 is 1.18 bits per heavy atom. The predicted molar refractivity (Wildman–Crippen MR) is 107 cm³/mol. The van der Waals surface area contributed by atoms with Crippen LogP contribution in [0.25, 0.3) is 0 Å². The maximum atomic E-state index is 11.9. The molecule has 5 nitrogen and oxygen atoms in total. The second-order valence-corrected chi connectivity index (χ2v) is 8.08. The third-order valence-electron chi connectivity index (χ3n) is 6.43. The average molecular weight is 378 g/mol. The summed E-state index contributed by atoms with van der Waals surface area (Å²) in [7, 11) is 0. The van der Waals surface area contributed by atoms with E-state index < -0.39 is 0 Å². The Morgan fingerprint density at radius 3 is 3.04 bits per heavy atom. The van der Waals surface area contributed by atoms with Crippen LogP contribution in [0.15, 0.2) is 36.4 Å². The van der Waals surface area contributed by atoms with Crippen molar-refractivity contribution in [3.05, 3.63) is 58.7 Å². The summed E-state index contributed by atoms with van der Waals surface area (Å²) in [6.45, 7) is 5.30. The van der Waals surface area contributed by atoms with Crippen LogP contribution in [0.4, 0.5) is 0 Å². The van der Waals surface area contributed by atoms with Crippen molar-refractivity contribution in [2.75, 3.05) is 19.8 Å². The highest BCUT2D eigenvalue weighted by Gasteiger charge is 2.33. The summed E-state index contributed by atoms with van der Waals surface area (Å²) in [5.74, 6) is 2.63. The van der Waals surface area contributed by atoms with E-state index in [9.17, 15) is 4.79 Å². The number of ether oxygens (including phenoxy) is 2. The van der Waals surface area contributed by atoms with E-state index in [0.717, 1.165) is 48.6 Å². The Hall–Kier alpha value is -2.53. The van der Waals surface area contributed by atoms with Crippen LogP contribution in [0.3, 0.4) is 0 Å². The summed E-state index contributed by atoms with van der Waals surface area (Å²) in [5.41, 5.74) is 4.50. The first-order valence-electron chi connectivity index (χ1n) is 10.2. The molecule has 0 bridgehead atoms. The SMILES string of the molecule is CC1NCCC(c2ccc3c(c2)CCO3)C1COc1ccc2c(c1)C(=O)NC2. The zero-order chi connectivity index (χ0) is 19.1. The molecular formula is C23H26N2O3. The van der Waals surface area contributed by atoms with Crippen molar-refractivity contribution in [3.8, 4) is 11.5 Å². The molecule has 146 valence electrons. The Labute approximate surface area is 165 Å². The minimum atomic E-state index is -0.00797. The Morgan fingerprint density at radius 2 is 2.11 bits per heavy atom. The summed E-state index contributed by atoms with van der Waals surface area (Å²) in [4.78, 5) is 11.9. The minimum Gasteiger partial charge on any atom is -0.493 e. The molecule has 0 radical (unpaired) electrons. The van der Waals surface area contributed by atoms with E-state index in [0.29, 0.717) is 31.0 Å². The van der Waals surface area contributed by atoms with Gasteiger partial charge in [-0.1, -0.05) is 18.2 Å². The highest BCUT2D eigenvalue weighted by molar-refractivity contribution is 5.98. The molecule has 0 aromatic heterocycles. The molecule has 5 heteroatoms. The molecule has 28 heavy (non-hydrogen) atoms. The number of piperidine rings is 1. The van der Waals surface area contributed by atoms with Gasteiger partial charge in [0.2, 0.25) is 0 Å². The molecule has 3 heterocycles. The first kappa shape index (κ1) is 17.6. The number of hydrogen-bond acceptors (Lipinski definition) is 4. The van der Waals surface area contributed by atoms with Gasteiger partial charge < -0.3 is 20.1 Å². The highest BCUT2D eigenvalue weighted by atomic mass is 16.5. The highest BCUT2D eigenvalue weighted by Crippen LogP contribution is 2.37. The molecule has 3 atom stereocenters. The number of nitrogens with one attached hydrogen (secondary N) is 2. The lowest BCUT2D eigenvalue weighted by Crippen LogP contribution is -2.45. The first-order valence-corrected chi connectivity index (χ1v) is 10.2. The molecule has 2 aromatic rings. The molecular weight excluding hydrogens is 352 g/mol. The summed E-state index contributed by atoms with van der Waals surface area (Å²) in [6, 6.07) is 12.9. The van der Waals surface area contributed by atoms with Gasteiger partial charge in [-0.2, -0.15) is 0 Å². The zero-order valence-electron chi connectivity index (χ0n) is 16.2.